The third-order valence-corrected chi connectivity index (χ3v) is 5.58. The lowest BCUT2D eigenvalue weighted by atomic mass is 10.1. The van der Waals surface area contributed by atoms with Crippen molar-refractivity contribution in [1.82, 2.24) is 9.78 Å². The van der Waals surface area contributed by atoms with Crippen LogP contribution in [0.2, 0.25) is 0 Å². The minimum atomic E-state index is -0.674. The first kappa shape index (κ1) is 20.6. The van der Waals surface area contributed by atoms with Crippen molar-refractivity contribution in [3.05, 3.63) is 65.6 Å². The van der Waals surface area contributed by atoms with Gasteiger partial charge < -0.3 is 15.4 Å². The van der Waals surface area contributed by atoms with Gasteiger partial charge in [-0.1, -0.05) is 6.07 Å². The van der Waals surface area contributed by atoms with Gasteiger partial charge in [0.05, 0.1) is 23.0 Å². The van der Waals surface area contributed by atoms with Crippen molar-refractivity contribution >= 4 is 11.6 Å². The minimum absolute atomic E-state index is 0.0495. The lowest BCUT2D eigenvalue weighted by Crippen LogP contribution is -2.36. The average molecular weight is 419 g/mol. The first-order chi connectivity index (χ1) is 15.0. The summed E-state index contributed by atoms with van der Waals surface area (Å²) in [5, 5.41) is 13.3. The molecule has 0 bridgehead atoms. The molecule has 0 spiro atoms. The van der Waals surface area contributed by atoms with Gasteiger partial charge in [-0.15, -0.1) is 0 Å². The molecule has 3 aromatic rings. The summed E-state index contributed by atoms with van der Waals surface area (Å²) in [5.74, 6) is -1.31. The molecule has 2 heterocycles. The van der Waals surface area contributed by atoms with E-state index in [4.69, 9.17) is 15.7 Å². The number of carbonyl (C=O) groups is 1. The number of nitrogens with zero attached hydrogens (tertiary/aromatic N) is 4. The number of ether oxygens (including phenoxy) is 1. The maximum absolute atomic E-state index is 14.2. The Morgan fingerprint density at radius 3 is 2.42 bits per heavy atom. The molecular weight excluding hydrogens is 397 g/mol. The fourth-order valence-electron chi connectivity index (χ4n) is 3.82. The van der Waals surface area contributed by atoms with Crippen LogP contribution in [0.3, 0.4) is 0 Å². The number of aromatic nitrogens is 2. The second-order valence-corrected chi connectivity index (χ2v) is 7.44. The molecule has 2 N–H and O–H groups in total. The van der Waals surface area contributed by atoms with E-state index in [1.54, 1.807) is 23.9 Å². The highest BCUT2D eigenvalue weighted by molar-refractivity contribution is 5.92. The van der Waals surface area contributed by atoms with Crippen LogP contribution < -0.4 is 10.6 Å². The van der Waals surface area contributed by atoms with Crippen LogP contribution in [0.4, 0.5) is 10.1 Å². The van der Waals surface area contributed by atoms with Crippen LogP contribution in [-0.4, -0.2) is 42.0 Å². The Labute approximate surface area is 179 Å². The Morgan fingerprint density at radius 1 is 1.16 bits per heavy atom. The molecular formula is C23H22FN5O2. The van der Waals surface area contributed by atoms with E-state index in [0.717, 1.165) is 31.6 Å². The molecule has 31 heavy (non-hydrogen) atoms. The molecule has 7 nitrogen and oxygen atoms in total. The number of carbonyl (C=O) groups excluding carboxylic acids is 1. The molecule has 4 rings (SSSR count). The summed E-state index contributed by atoms with van der Waals surface area (Å²) >= 11 is 0. The van der Waals surface area contributed by atoms with Gasteiger partial charge in [-0.05, 0) is 55.3 Å². The molecule has 8 heteroatoms. The van der Waals surface area contributed by atoms with E-state index < -0.39 is 11.7 Å². The van der Waals surface area contributed by atoms with E-state index in [1.165, 1.54) is 18.2 Å². The standard InChI is InChI=1S/C23H22FN5O2/c1-31-19-8-10-28(11-9-19)17-4-6-18(7-5-17)29-22(13-21(27-29)23(26)30)15-2-3-16(14-25)20(24)12-15/h2-7,12-13,19H,8-11H2,1H3,(H2,26,30). The number of piperidine rings is 1. The second kappa shape index (κ2) is 8.58. The summed E-state index contributed by atoms with van der Waals surface area (Å²) in [6.07, 6.45) is 2.27. The molecule has 0 atom stereocenters. The molecule has 0 saturated carbocycles. The van der Waals surface area contributed by atoms with Crippen LogP contribution >= 0.6 is 0 Å². The van der Waals surface area contributed by atoms with Crippen molar-refractivity contribution in [3.8, 4) is 23.0 Å². The second-order valence-electron chi connectivity index (χ2n) is 7.44. The lowest BCUT2D eigenvalue weighted by molar-refractivity contribution is 0.0819. The van der Waals surface area contributed by atoms with Gasteiger partial charge >= 0.3 is 0 Å². The molecule has 0 aliphatic carbocycles. The average Bonchev–Trinajstić information content (AvgIpc) is 3.25. The molecule has 1 fully saturated rings. The highest BCUT2D eigenvalue weighted by atomic mass is 19.1. The largest absolute Gasteiger partial charge is 0.381 e. The third-order valence-electron chi connectivity index (χ3n) is 5.58. The van der Waals surface area contributed by atoms with Crippen molar-refractivity contribution in [2.45, 2.75) is 18.9 Å². The summed E-state index contributed by atoms with van der Waals surface area (Å²) in [7, 11) is 1.75. The molecule has 0 radical (unpaired) electrons. The third kappa shape index (κ3) is 4.13. The maximum atomic E-state index is 14.2. The number of rotatable bonds is 5. The molecule has 1 amide bonds. The van der Waals surface area contributed by atoms with Crippen molar-refractivity contribution < 1.29 is 13.9 Å². The van der Waals surface area contributed by atoms with E-state index >= 15 is 0 Å². The number of hydrogen-bond donors (Lipinski definition) is 1. The highest BCUT2D eigenvalue weighted by Crippen LogP contribution is 2.28. The van der Waals surface area contributed by atoms with Crippen LogP contribution in [0, 0.1) is 17.1 Å². The van der Waals surface area contributed by atoms with Crippen LogP contribution in [0.15, 0.2) is 48.5 Å². The zero-order valence-corrected chi connectivity index (χ0v) is 17.1. The van der Waals surface area contributed by atoms with Gasteiger partial charge in [0.25, 0.3) is 5.91 Å². The zero-order chi connectivity index (χ0) is 22.0. The van der Waals surface area contributed by atoms with E-state index in [1.807, 2.05) is 24.3 Å². The summed E-state index contributed by atoms with van der Waals surface area (Å²) in [6, 6.07) is 15.4. The van der Waals surface area contributed by atoms with Gasteiger partial charge in [-0.2, -0.15) is 10.4 Å². The monoisotopic (exact) mass is 419 g/mol. The number of nitriles is 1. The predicted molar refractivity (Wildman–Crippen MR) is 114 cm³/mol. The van der Waals surface area contributed by atoms with Gasteiger partial charge in [-0.25, -0.2) is 9.07 Å². The number of amides is 1. The summed E-state index contributed by atoms with van der Waals surface area (Å²) in [4.78, 5) is 14.0. The minimum Gasteiger partial charge on any atom is -0.381 e. The first-order valence-corrected chi connectivity index (χ1v) is 9.98. The number of halogens is 1. The number of benzene rings is 2. The Kier molecular flexibility index (Phi) is 5.69. The molecule has 1 aromatic heterocycles. The Bertz CT molecular complexity index is 1140. The zero-order valence-electron chi connectivity index (χ0n) is 17.1. The predicted octanol–water partition coefficient (Wildman–Crippen LogP) is 3.26. The molecule has 158 valence electrons. The molecule has 0 unspecified atom stereocenters. The number of primary amides is 1. The van der Waals surface area contributed by atoms with E-state index in [2.05, 4.69) is 10.00 Å². The van der Waals surface area contributed by atoms with E-state index in [-0.39, 0.29) is 11.3 Å². The number of anilines is 1. The van der Waals surface area contributed by atoms with E-state index in [9.17, 15) is 9.18 Å². The maximum Gasteiger partial charge on any atom is 0.269 e. The topological polar surface area (TPSA) is 97.2 Å². The smallest absolute Gasteiger partial charge is 0.269 e. The van der Waals surface area contributed by atoms with Crippen molar-refractivity contribution in [3.63, 3.8) is 0 Å². The van der Waals surface area contributed by atoms with Gasteiger partial charge in [0.1, 0.15) is 11.9 Å². The summed E-state index contributed by atoms with van der Waals surface area (Å²) in [5.41, 5.74) is 8.24. The first-order valence-electron chi connectivity index (χ1n) is 9.98. The van der Waals surface area contributed by atoms with Crippen molar-refractivity contribution in [2.75, 3.05) is 25.1 Å². The van der Waals surface area contributed by atoms with Crippen molar-refractivity contribution in [1.29, 1.82) is 5.26 Å². The highest BCUT2D eigenvalue weighted by Gasteiger charge is 2.20. The van der Waals surface area contributed by atoms with Crippen LogP contribution in [0.25, 0.3) is 16.9 Å². The number of hydrogen-bond acceptors (Lipinski definition) is 5. The van der Waals surface area contributed by atoms with Gasteiger partial charge in [0, 0.05) is 31.5 Å². The van der Waals surface area contributed by atoms with E-state index in [0.29, 0.717) is 23.0 Å². The quantitative estimate of drug-likeness (QED) is 0.685. The Morgan fingerprint density at radius 2 is 1.84 bits per heavy atom. The van der Waals surface area contributed by atoms with Crippen molar-refractivity contribution in [2.24, 2.45) is 5.73 Å². The Hall–Kier alpha value is -3.70. The SMILES string of the molecule is COC1CCN(c2ccc(-n3nc(C(N)=O)cc3-c3ccc(C#N)c(F)c3)cc2)CC1. The number of methoxy groups -OCH3 is 1. The van der Waals surface area contributed by atoms with Gasteiger partial charge in [0.15, 0.2) is 5.69 Å². The van der Waals surface area contributed by atoms with Gasteiger partial charge in [0.2, 0.25) is 0 Å². The van der Waals surface area contributed by atoms with Crippen LogP contribution in [-0.2, 0) is 4.74 Å². The fourth-order valence-corrected chi connectivity index (χ4v) is 3.82. The molecule has 1 aliphatic rings. The summed E-state index contributed by atoms with van der Waals surface area (Å²) < 4.78 is 21.2. The van der Waals surface area contributed by atoms with Crippen LogP contribution in [0.5, 0.6) is 0 Å². The Balaban J connectivity index is 1.67. The number of nitrogens with two attached hydrogens (primary N) is 1. The normalized spacial score (nSPS) is 14.4. The fraction of sp³-hybridized carbons (Fsp3) is 0.261. The molecule has 2 aromatic carbocycles. The lowest BCUT2D eigenvalue weighted by Gasteiger charge is -2.33. The summed E-state index contributed by atoms with van der Waals surface area (Å²) in [6.45, 7) is 1.84. The molecule has 1 saturated heterocycles. The van der Waals surface area contributed by atoms with Crippen LogP contribution in [0.1, 0.15) is 28.9 Å². The molecule has 1 aliphatic heterocycles. The van der Waals surface area contributed by atoms with Gasteiger partial charge in [-0.3, -0.25) is 4.79 Å².